The lowest BCUT2D eigenvalue weighted by molar-refractivity contribution is 0.0982. The molecule has 0 saturated carbocycles. The summed E-state index contributed by atoms with van der Waals surface area (Å²) in [4.78, 5) is 7.28. The lowest BCUT2D eigenvalue weighted by Gasteiger charge is -2.41. The number of guanidine groups is 1. The minimum Gasteiger partial charge on any atom is -0.355 e. The van der Waals surface area contributed by atoms with Gasteiger partial charge in [0.1, 0.15) is 0 Å². The zero-order valence-electron chi connectivity index (χ0n) is 19.8. The normalized spacial score (nSPS) is 19.3. The monoisotopic (exact) mass is 577 g/mol. The number of likely N-dealkylation sites (tertiary alicyclic amines) is 1. The van der Waals surface area contributed by atoms with E-state index in [2.05, 4.69) is 34.4 Å². The van der Waals surface area contributed by atoms with Gasteiger partial charge in [-0.1, -0.05) is 25.0 Å². The molecule has 0 bridgehead atoms. The summed E-state index contributed by atoms with van der Waals surface area (Å²) >= 11 is 0. The molecule has 182 valence electrons. The van der Waals surface area contributed by atoms with E-state index in [-0.39, 0.29) is 29.5 Å². The average Bonchev–Trinajstić information content (AvgIpc) is 2.80. The van der Waals surface area contributed by atoms with Gasteiger partial charge in [-0.2, -0.15) is 4.31 Å². The molecular formula is C23H40IN5O2S. The molecule has 9 heteroatoms. The van der Waals surface area contributed by atoms with Gasteiger partial charge in [-0.25, -0.2) is 8.42 Å². The van der Waals surface area contributed by atoms with Gasteiger partial charge in [0.05, 0.1) is 4.90 Å². The van der Waals surface area contributed by atoms with Crippen molar-refractivity contribution < 1.29 is 8.42 Å². The molecule has 0 aromatic heterocycles. The highest BCUT2D eigenvalue weighted by molar-refractivity contribution is 14.0. The van der Waals surface area contributed by atoms with Gasteiger partial charge in [0.25, 0.3) is 0 Å². The number of nitrogens with zero attached hydrogens (tertiary/aromatic N) is 3. The fraction of sp³-hybridized carbons (Fsp3) is 0.696. The molecule has 1 aromatic carbocycles. The van der Waals surface area contributed by atoms with Gasteiger partial charge in [-0.3, -0.25) is 9.89 Å². The van der Waals surface area contributed by atoms with Crippen molar-refractivity contribution in [3.05, 3.63) is 29.8 Å². The third kappa shape index (κ3) is 7.30. The van der Waals surface area contributed by atoms with Crippen LogP contribution in [0.25, 0.3) is 0 Å². The molecule has 0 spiro atoms. The van der Waals surface area contributed by atoms with Crippen LogP contribution in [0.1, 0.15) is 57.9 Å². The van der Waals surface area contributed by atoms with Crippen LogP contribution in [0.4, 0.5) is 0 Å². The maximum atomic E-state index is 12.8. The number of piperidine rings is 2. The Morgan fingerprint density at radius 1 is 0.938 bits per heavy atom. The van der Waals surface area contributed by atoms with E-state index in [0.29, 0.717) is 24.5 Å². The van der Waals surface area contributed by atoms with Crippen LogP contribution in [0.15, 0.2) is 34.2 Å². The van der Waals surface area contributed by atoms with Crippen LogP contribution in [-0.4, -0.2) is 68.9 Å². The Bertz CT molecular complexity index is 830. The molecule has 0 atom stereocenters. The second kappa shape index (κ2) is 12.5. The fourth-order valence-corrected chi connectivity index (χ4v) is 5.87. The average molecular weight is 578 g/mol. The first-order valence-electron chi connectivity index (χ1n) is 11.6. The Hall–Kier alpha value is -0.910. The molecule has 2 aliphatic heterocycles. The van der Waals surface area contributed by atoms with Gasteiger partial charge < -0.3 is 10.6 Å². The molecule has 32 heavy (non-hydrogen) atoms. The van der Waals surface area contributed by atoms with Crippen molar-refractivity contribution in [2.45, 2.75) is 69.4 Å². The summed E-state index contributed by atoms with van der Waals surface area (Å²) < 4.78 is 27.2. The Balaban J connectivity index is 0.00000363. The van der Waals surface area contributed by atoms with Crippen molar-refractivity contribution in [3.63, 3.8) is 0 Å². The van der Waals surface area contributed by atoms with Crippen molar-refractivity contribution in [3.8, 4) is 0 Å². The molecule has 2 saturated heterocycles. The predicted octanol–water partition coefficient (Wildman–Crippen LogP) is 3.41. The number of hydrogen-bond acceptors (Lipinski definition) is 4. The van der Waals surface area contributed by atoms with E-state index in [1.165, 1.54) is 19.3 Å². The lowest BCUT2D eigenvalue weighted by atomic mass is 9.98. The molecule has 7 nitrogen and oxygen atoms in total. The molecule has 1 aromatic rings. The fourth-order valence-electron chi connectivity index (χ4n) is 4.35. The predicted molar refractivity (Wildman–Crippen MR) is 142 cm³/mol. The maximum Gasteiger partial charge on any atom is 0.243 e. The smallest absolute Gasteiger partial charge is 0.243 e. The molecule has 2 heterocycles. The van der Waals surface area contributed by atoms with E-state index in [4.69, 9.17) is 0 Å². The van der Waals surface area contributed by atoms with Crippen LogP contribution in [0.3, 0.4) is 0 Å². The standard InChI is InChI=1S/C23H39N5O2S.HI/c1-23(2,27-14-6-4-7-15-27)19-26-22(24-3)25-18-20-10-12-21(13-11-20)31(29,30)28-16-8-5-9-17-28;/h10-13H,4-9,14-19H2,1-3H3,(H2,24,25,26);1H. The number of aliphatic imine (C=N–C) groups is 1. The second-order valence-corrected chi connectivity index (χ2v) is 11.2. The Morgan fingerprint density at radius 3 is 2.06 bits per heavy atom. The molecule has 2 aliphatic rings. The molecule has 0 unspecified atom stereocenters. The van der Waals surface area contributed by atoms with Gasteiger partial charge >= 0.3 is 0 Å². The molecular weight excluding hydrogens is 537 g/mol. The summed E-state index contributed by atoms with van der Waals surface area (Å²) in [6, 6.07) is 7.21. The zero-order valence-corrected chi connectivity index (χ0v) is 22.9. The first-order chi connectivity index (χ1) is 14.8. The van der Waals surface area contributed by atoms with Gasteiger partial charge in [0, 0.05) is 38.8 Å². The topological polar surface area (TPSA) is 77.0 Å². The lowest BCUT2D eigenvalue weighted by Crippen LogP contribution is -2.54. The number of benzene rings is 1. The highest BCUT2D eigenvalue weighted by atomic mass is 127. The third-order valence-corrected chi connectivity index (χ3v) is 8.37. The molecule has 0 radical (unpaired) electrons. The minimum atomic E-state index is -3.38. The number of halogens is 1. The van der Waals surface area contributed by atoms with Crippen LogP contribution in [-0.2, 0) is 16.6 Å². The minimum absolute atomic E-state index is 0. The molecule has 3 rings (SSSR count). The van der Waals surface area contributed by atoms with E-state index >= 15 is 0 Å². The van der Waals surface area contributed by atoms with Gasteiger partial charge in [-0.15, -0.1) is 24.0 Å². The van der Waals surface area contributed by atoms with Crippen LogP contribution < -0.4 is 10.6 Å². The van der Waals surface area contributed by atoms with Crippen molar-refractivity contribution in [2.75, 3.05) is 39.8 Å². The zero-order chi connectivity index (χ0) is 22.3. The van der Waals surface area contributed by atoms with Crippen molar-refractivity contribution in [1.29, 1.82) is 0 Å². The molecule has 2 fully saturated rings. The Morgan fingerprint density at radius 2 is 1.50 bits per heavy atom. The van der Waals surface area contributed by atoms with Crippen LogP contribution in [0.5, 0.6) is 0 Å². The first-order valence-corrected chi connectivity index (χ1v) is 13.1. The SMILES string of the molecule is CN=C(NCc1ccc(S(=O)(=O)N2CCCCC2)cc1)NCC(C)(C)N1CCCCC1.I. The van der Waals surface area contributed by atoms with Crippen LogP contribution in [0.2, 0.25) is 0 Å². The number of nitrogens with one attached hydrogen (secondary N) is 2. The van der Waals surface area contributed by atoms with Gasteiger partial charge in [-0.05, 0) is 70.3 Å². The summed E-state index contributed by atoms with van der Waals surface area (Å²) in [5.41, 5.74) is 1.10. The van der Waals surface area contributed by atoms with E-state index in [1.54, 1.807) is 23.5 Å². The van der Waals surface area contributed by atoms with E-state index in [1.807, 2.05) is 12.1 Å². The molecule has 0 amide bonds. The Kier molecular flexibility index (Phi) is 10.7. The number of sulfonamides is 1. The highest BCUT2D eigenvalue weighted by Crippen LogP contribution is 2.21. The summed E-state index contributed by atoms with van der Waals surface area (Å²) in [6.07, 6.45) is 6.90. The Labute approximate surface area is 211 Å². The summed E-state index contributed by atoms with van der Waals surface area (Å²) in [5, 5.41) is 6.79. The third-order valence-electron chi connectivity index (χ3n) is 6.46. The number of rotatable bonds is 7. The number of hydrogen-bond donors (Lipinski definition) is 2. The van der Waals surface area contributed by atoms with Crippen LogP contribution in [0, 0.1) is 0 Å². The van der Waals surface area contributed by atoms with Gasteiger partial charge in [0.15, 0.2) is 5.96 Å². The molecule has 0 aliphatic carbocycles. The highest BCUT2D eigenvalue weighted by Gasteiger charge is 2.28. The summed E-state index contributed by atoms with van der Waals surface area (Å²) in [5.74, 6) is 0.759. The largest absolute Gasteiger partial charge is 0.355 e. The van der Waals surface area contributed by atoms with Crippen molar-refractivity contribution in [1.82, 2.24) is 19.8 Å². The first kappa shape index (κ1) is 27.3. The summed E-state index contributed by atoms with van der Waals surface area (Å²) in [7, 11) is -1.60. The summed E-state index contributed by atoms with van der Waals surface area (Å²) in [6.45, 7) is 9.54. The van der Waals surface area contributed by atoms with Crippen molar-refractivity contribution >= 4 is 40.0 Å². The molecule has 2 N–H and O–H groups in total. The van der Waals surface area contributed by atoms with E-state index < -0.39 is 10.0 Å². The van der Waals surface area contributed by atoms with E-state index in [0.717, 1.165) is 50.4 Å². The van der Waals surface area contributed by atoms with E-state index in [9.17, 15) is 8.42 Å². The quantitative estimate of drug-likeness (QED) is 0.295. The van der Waals surface area contributed by atoms with Crippen LogP contribution >= 0.6 is 24.0 Å². The second-order valence-electron chi connectivity index (χ2n) is 9.25. The van der Waals surface area contributed by atoms with Gasteiger partial charge in [0.2, 0.25) is 10.0 Å². The van der Waals surface area contributed by atoms with Crippen molar-refractivity contribution in [2.24, 2.45) is 4.99 Å². The maximum absolute atomic E-state index is 12.8.